The van der Waals surface area contributed by atoms with E-state index in [0.29, 0.717) is 11.6 Å². The lowest BCUT2D eigenvalue weighted by Gasteiger charge is -2.31. The fraction of sp³-hybridized carbons (Fsp3) is 0.643. The Morgan fingerprint density at radius 1 is 1.37 bits per heavy atom. The van der Waals surface area contributed by atoms with Crippen molar-refractivity contribution in [3.63, 3.8) is 0 Å². The normalized spacial score (nSPS) is 16.6. The van der Waals surface area contributed by atoms with Crippen molar-refractivity contribution in [1.29, 1.82) is 0 Å². The van der Waals surface area contributed by atoms with E-state index in [0.717, 1.165) is 44.8 Å². The molecule has 0 bridgehead atoms. The third-order valence-electron chi connectivity index (χ3n) is 3.46. The van der Waals surface area contributed by atoms with Crippen LogP contribution in [0.4, 0.5) is 0 Å². The molecule has 0 aliphatic carbocycles. The number of nitrogens with zero attached hydrogens (tertiary/aromatic N) is 3. The highest BCUT2D eigenvalue weighted by atomic mass is 16.5. The zero-order chi connectivity index (χ0) is 13.7. The van der Waals surface area contributed by atoms with E-state index < -0.39 is 0 Å². The fourth-order valence-corrected chi connectivity index (χ4v) is 2.25. The average Bonchev–Trinajstić information content (AvgIpc) is 2.46. The van der Waals surface area contributed by atoms with Gasteiger partial charge in [0.25, 0.3) is 5.91 Å². The number of hydrogen-bond acceptors (Lipinski definition) is 4. The van der Waals surface area contributed by atoms with Gasteiger partial charge in [-0.3, -0.25) is 9.78 Å². The number of piperidine rings is 1. The van der Waals surface area contributed by atoms with Gasteiger partial charge < -0.3 is 9.64 Å². The van der Waals surface area contributed by atoms with Crippen LogP contribution < -0.4 is 0 Å². The summed E-state index contributed by atoms with van der Waals surface area (Å²) in [7, 11) is 0. The van der Waals surface area contributed by atoms with Gasteiger partial charge in [0.05, 0.1) is 11.9 Å². The summed E-state index contributed by atoms with van der Waals surface area (Å²) in [4.78, 5) is 22.4. The second-order valence-electron chi connectivity index (χ2n) is 4.94. The molecular formula is C14H21N3O2. The number of likely N-dealkylation sites (tertiary alicyclic amines) is 1. The molecule has 2 heterocycles. The van der Waals surface area contributed by atoms with E-state index in [4.69, 9.17) is 4.74 Å². The molecule has 2 rings (SSSR count). The van der Waals surface area contributed by atoms with Crippen LogP contribution in [-0.4, -0.2) is 47.1 Å². The Bertz CT molecular complexity index is 411. The molecule has 1 aliphatic rings. The Hall–Kier alpha value is -1.49. The number of amides is 1. The molecule has 5 nitrogen and oxygen atoms in total. The lowest BCUT2D eigenvalue weighted by atomic mass is 9.97. The van der Waals surface area contributed by atoms with Crippen LogP contribution in [0.25, 0.3) is 0 Å². The molecule has 1 aromatic rings. The highest BCUT2D eigenvalue weighted by Gasteiger charge is 2.24. The van der Waals surface area contributed by atoms with Crippen molar-refractivity contribution in [2.24, 2.45) is 5.92 Å². The molecule has 5 heteroatoms. The molecule has 0 atom stereocenters. The first-order valence-electron chi connectivity index (χ1n) is 6.86. The zero-order valence-electron chi connectivity index (χ0n) is 11.6. The topological polar surface area (TPSA) is 55.3 Å². The minimum absolute atomic E-state index is 0.0117. The molecule has 104 valence electrons. The quantitative estimate of drug-likeness (QED) is 0.829. The molecule has 0 unspecified atom stereocenters. The number of rotatable bonds is 4. The molecule has 0 saturated carbocycles. The lowest BCUT2D eigenvalue weighted by molar-refractivity contribution is 0.0546. The van der Waals surface area contributed by atoms with Crippen molar-refractivity contribution in [2.45, 2.75) is 26.7 Å². The van der Waals surface area contributed by atoms with Gasteiger partial charge in [-0.05, 0) is 32.6 Å². The van der Waals surface area contributed by atoms with E-state index in [-0.39, 0.29) is 5.91 Å². The zero-order valence-corrected chi connectivity index (χ0v) is 11.6. The molecule has 1 amide bonds. The summed E-state index contributed by atoms with van der Waals surface area (Å²) in [5, 5.41) is 0. The Balaban J connectivity index is 1.87. The summed E-state index contributed by atoms with van der Waals surface area (Å²) in [5.74, 6) is 0.565. The monoisotopic (exact) mass is 263 g/mol. The van der Waals surface area contributed by atoms with Gasteiger partial charge in [0.15, 0.2) is 0 Å². The lowest BCUT2D eigenvalue weighted by Crippen LogP contribution is -2.39. The number of hydrogen-bond donors (Lipinski definition) is 0. The summed E-state index contributed by atoms with van der Waals surface area (Å²) in [6, 6.07) is 0. The molecule has 0 radical (unpaired) electrons. The number of aryl methyl sites for hydroxylation is 1. The van der Waals surface area contributed by atoms with E-state index in [1.165, 1.54) is 0 Å². The summed E-state index contributed by atoms with van der Waals surface area (Å²) in [6.45, 7) is 7.01. The summed E-state index contributed by atoms with van der Waals surface area (Å²) in [5.41, 5.74) is 1.26. The van der Waals surface area contributed by atoms with Crippen molar-refractivity contribution < 1.29 is 9.53 Å². The molecule has 0 N–H and O–H groups in total. The Morgan fingerprint density at radius 2 is 2.11 bits per heavy atom. The van der Waals surface area contributed by atoms with E-state index in [2.05, 4.69) is 9.97 Å². The Kier molecular flexibility index (Phi) is 4.85. The Labute approximate surface area is 114 Å². The van der Waals surface area contributed by atoms with Gasteiger partial charge in [0.2, 0.25) is 0 Å². The summed E-state index contributed by atoms with van der Waals surface area (Å²) in [6.07, 6.45) is 5.20. The third kappa shape index (κ3) is 3.73. The highest BCUT2D eigenvalue weighted by molar-refractivity contribution is 5.92. The van der Waals surface area contributed by atoms with Crippen LogP contribution in [0, 0.1) is 12.8 Å². The van der Waals surface area contributed by atoms with Gasteiger partial charge >= 0.3 is 0 Å². The number of aromatic nitrogens is 2. The van der Waals surface area contributed by atoms with E-state index in [1.807, 2.05) is 18.7 Å². The maximum Gasteiger partial charge on any atom is 0.274 e. The molecule has 1 fully saturated rings. The first kappa shape index (κ1) is 13.9. The van der Waals surface area contributed by atoms with Gasteiger partial charge in [-0.25, -0.2) is 4.98 Å². The third-order valence-corrected chi connectivity index (χ3v) is 3.46. The second-order valence-corrected chi connectivity index (χ2v) is 4.94. The largest absolute Gasteiger partial charge is 0.381 e. The van der Waals surface area contributed by atoms with E-state index >= 15 is 0 Å². The number of ether oxygens (including phenoxy) is 1. The minimum atomic E-state index is -0.0117. The summed E-state index contributed by atoms with van der Waals surface area (Å²) < 4.78 is 5.44. The van der Waals surface area contributed by atoms with Gasteiger partial charge in [0, 0.05) is 32.5 Å². The smallest absolute Gasteiger partial charge is 0.274 e. The minimum Gasteiger partial charge on any atom is -0.381 e. The number of carbonyl (C=O) groups excluding carboxylic acids is 1. The molecule has 0 aromatic carbocycles. The van der Waals surface area contributed by atoms with Crippen LogP contribution in [0.3, 0.4) is 0 Å². The Morgan fingerprint density at radius 3 is 2.68 bits per heavy atom. The van der Waals surface area contributed by atoms with Crippen molar-refractivity contribution in [3.05, 3.63) is 23.8 Å². The molecule has 0 spiro atoms. The first-order valence-corrected chi connectivity index (χ1v) is 6.86. The maximum atomic E-state index is 12.2. The maximum absolute atomic E-state index is 12.2. The van der Waals surface area contributed by atoms with E-state index in [1.54, 1.807) is 12.4 Å². The van der Waals surface area contributed by atoms with Gasteiger partial charge in [0.1, 0.15) is 5.69 Å². The number of carbonyl (C=O) groups is 1. The van der Waals surface area contributed by atoms with Crippen LogP contribution >= 0.6 is 0 Å². The van der Waals surface area contributed by atoms with Crippen LogP contribution in [-0.2, 0) is 4.74 Å². The first-order chi connectivity index (χ1) is 9.20. The van der Waals surface area contributed by atoms with Crippen LogP contribution in [0.15, 0.2) is 12.4 Å². The standard InChI is InChI=1S/C14H21N3O2/c1-3-19-10-12-4-6-17(7-5-12)14(18)13-9-15-11(2)8-16-13/h8-9,12H,3-7,10H2,1-2H3. The molecule has 1 saturated heterocycles. The van der Waals surface area contributed by atoms with E-state index in [9.17, 15) is 4.79 Å². The van der Waals surface area contributed by atoms with Crippen LogP contribution in [0.2, 0.25) is 0 Å². The fourth-order valence-electron chi connectivity index (χ4n) is 2.25. The van der Waals surface area contributed by atoms with Crippen molar-refractivity contribution in [1.82, 2.24) is 14.9 Å². The predicted octanol–water partition coefficient (Wildman–Crippen LogP) is 1.67. The van der Waals surface area contributed by atoms with Crippen molar-refractivity contribution >= 4 is 5.91 Å². The SMILES string of the molecule is CCOCC1CCN(C(=O)c2cnc(C)cn2)CC1. The van der Waals surface area contributed by atoms with Crippen molar-refractivity contribution in [3.8, 4) is 0 Å². The molecular weight excluding hydrogens is 242 g/mol. The molecule has 19 heavy (non-hydrogen) atoms. The average molecular weight is 263 g/mol. The summed E-state index contributed by atoms with van der Waals surface area (Å²) >= 11 is 0. The molecule has 1 aromatic heterocycles. The van der Waals surface area contributed by atoms with Crippen LogP contribution in [0.1, 0.15) is 35.9 Å². The van der Waals surface area contributed by atoms with Crippen molar-refractivity contribution in [2.75, 3.05) is 26.3 Å². The second kappa shape index (κ2) is 6.61. The van der Waals surface area contributed by atoms with Gasteiger partial charge in [-0.15, -0.1) is 0 Å². The van der Waals surface area contributed by atoms with Gasteiger partial charge in [-0.1, -0.05) is 0 Å². The predicted molar refractivity (Wildman–Crippen MR) is 71.9 cm³/mol. The molecule has 1 aliphatic heterocycles. The van der Waals surface area contributed by atoms with Gasteiger partial charge in [-0.2, -0.15) is 0 Å². The highest BCUT2D eigenvalue weighted by Crippen LogP contribution is 2.18. The van der Waals surface area contributed by atoms with Crippen LogP contribution in [0.5, 0.6) is 0 Å².